The molecule has 1 aliphatic heterocycles. The SMILES string of the molecule is Cc1cc2c(c3cn[nH]c13)CN(CC(C)(C)C)C(=O)[C@H](CC(=O)O)CC2. The highest BCUT2D eigenvalue weighted by Crippen LogP contribution is 2.32. The van der Waals surface area contributed by atoms with Gasteiger partial charge in [0.2, 0.25) is 5.91 Å². The van der Waals surface area contributed by atoms with Crippen LogP contribution in [0.5, 0.6) is 0 Å². The molecule has 140 valence electrons. The topological polar surface area (TPSA) is 86.3 Å². The lowest BCUT2D eigenvalue weighted by atomic mass is 9.87. The first-order chi connectivity index (χ1) is 12.2. The van der Waals surface area contributed by atoms with Gasteiger partial charge < -0.3 is 10.0 Å². The summed E-state index contributed by atoms with van der Waals surface area (Å²) >= 11 is 0. The van der Waals surface area contributed by atoms with Crippen molar-refractivity contribution >= 4 is 22.8 Å². The lowest BCUT2D eigenvalue weighted by Gasteiger charge is -2.35. The van der Waals surface area contributed by atoms with Crippen LogP contribution in [-0.4, -0.2) is 38.6 Å². The molecule has 3 rings (SSSR count). The van der Waals surface area contributed by atoms with E-state index in [1.165, 1.54) is 5.56 Å². The number of hydrogen-bond acceptors (Lipinski definition) is 3. The number of H-pyrrole nitrogens is 1. The van der Waals surface area contributed by atoms with Crippen LogP contribution in [0.3, 0.4) is 0 Å². The second-order valence-corrected chi connectivity index (χ2v) is 8.58. The smallest absolute Gasteiger partial charge is 0.304 e. The van der Waals surface area contributed by atoms with Gasteiger partial charge in [0.1, 0.15) is 0 Å². The van der Waals surface area contributed by atoms with Crippen LogP contribution in [0.1, 0.15) is 50.3 Å². The van der Waals surface area contributed by atoms with Gasteiger partial charge in [0, 0.05) is 24.4 Å². The molecule has 0 spiro atoms. The van der Waals surface area contributed by atoms with Crippen LogP contribution in [0.2, 0.25) is 0 Å². The maximum absolute atomic E-state index is 13.1. The standard InChI is InChI=1S/C20H27N3O3/c1-12-7-13-5-6-14(8-17(24)25)19(26)23(11-20(2,3)4)10-16(13)15-9-21-22-18(12)15/h7,9,14H,5-6,8,10-11H2,1-4H3,(H,21,22)(H,24,25)/t14-/m0/s1. The summed E-state index contributed by atoms with van der Waals surface area (Å²) in [7, 11) is 0. The third-order valence-electron chi connectivity index (χ3n) is 5.00. The second-order valence-electron chi connectivity index (χ2n) is 8.58. The van der Waals surface area contributed by atoms with Gasteiger partial charge in [-0.15, -0.1) is 0 Å². The third kappa shape index (κ3) is 3.74. The Morgan fingerprint density at radius 3 is 2.81 bits per heavy atom. The number of fused-ring (bicyclic) bond motifs is 3. The maximum Gasteiger partial charge on any atom is 0.304 e. The summed E-state index contributed by atoms with van der Waals surface area (Å²) in [6.07, 6.45) is 2.99. The van der Waals surface area contributed by atoms with Crippen molar-refractivity contribution in [1.29, 1.82) is 0 Å². The quantitative estimate of drug-likeness (QED) is 0.882. The Morgan fingerprint density at radius 2 is 2.15 bits per heavy atom. The molecule has 1 aromatic carbocycles. The van der Waals surface area contributed by atoms with E-state index in [1.54, 1.807) is 0 Å². The highest BCUT2D eigenvalue weighted by atomic mass is 16.4. The summed E-state index contributed by atoms with van der Waals surface area (Å²) in [5, 5.41) is 17.5. The number of hydrogen-bond donors (Lipinski definition) is 2. The summed E-state index contributed by atoms with van der Waals surface area (Å²) in [5.74, 6) is -1.44. The van der Waals surface area contributed by atoms with E-state index >= 15 is 0 Å². The number of benzene rings is 1. The van der Waals surface area contributed by atoms with Gasteiger partial charge in [0.25, 0.3) is 0 Å². The number of rotatable bonds is 3. The van der Waals surface area contributed by atoms with E-state index in [9.17, 15) is 14.7 Å². The molecule has 1 aromatic heterocycles. The molecule has 1 amide bonds. The zero-order chi connectivity index (χ0) is 19.1. The first-order valence-corrected chi connectivity index (χ1v) is 9.11. The molecule has 2 heterocycles. The zero-order valence-corrected chi connectivity index (χ0v) is 15.9. The highest BCUT2D eigenvalue weighted by Gasteiger charge is 2.32. The molecular formula is C20H27N3O3. The van der Waals surface area contributed by atoms with Gasteiger partial charge in [-0.1, -0.05) is 26.8 Å². The van der Waals surface area contributed by atoms with Crippen LogP contribution in [0.15, 0.2) is 12.3 Å². The molecule has 0 bridgehead atoms. The van der Waals surface area contributed by atoms with Crippen LogP contribution in [0.25, 0.3) is 10.9 Å². The van der Waals surface area contributed by atoms with Crippen molar-refractivity contribution in [3.63, 3.8) is 0 Å². The van der Waals surface area contributed by atoms with Crippen LogP contribution in [0.4, 0.5) is 0 Å². The van der Waals surface area contributed by atoms with E-state index < -0.39 is 11.9 Å². The molecule has 6 nitrogen and oxygen atoms in total. The average molecular weight is 357 g/mol. The van der Waals surface area contributed by atoms with Crippen LogP contribution >= 0.6 is 0 Å². The maximum atomic E-state index is 13.1. The molecule has 0 radical (unpaired) electrons. The Labute approximate surface area is 153 Å². The number of carbonyl (C=O) groups excluding carboxylic acids is 1. The van der Waals surface area contributed by atoms with Gasteiger partial charge >= 0.3 is 5.97 Å². The third-order valence-corrected chi connectivity index (χ3v) is 5.00. The summed E-state index contributed by atoms with van der Waals surface area (Å²) in [6, 6.07) is 2.15. The average Bonchev–Trinajstić information content (AvgIpc) is 3.00. The molecule has 6 heteroatoms. The van der Waals surface area contributed by atoms with Crippen molar-refractivity contribution in [1.82, 2.24) is 15.1 Å². The zero-order valence-electron chi connectivity index (χ0n) is 15.9. The minimum atomic E-state index is -0.915. The van der Waals surface area contributed by atoms with Gasteiger partial charge in [0.15, 0.2) is 0 Å². The molecule has 26 heavy (non-hydrogen) atoms. The van der Waals surface area contributed by atoms with Gasteiger partial charge in [-0.05, 0) is 41.9 Å². The number of aryl methyl sites for hydroxylation is 2. The monoisotopic (exact) mass is 357 g/mol. The predicted molar refractivity (Wildman–Crippen MR) is 99.8 cm³/mol. The summed E-state index contributed by atoms with van der Waals surface area (Å²) < 4.78 is 0. The summed E-state index contributed by atoms with van der Waals surface area (Å²) in [5.41, 5.74) is 4.39. The molecule has 0 saturated heterocycles. The Balaban J connectivity index is 2.07. The van der Waals surface area contributed by atoms with Gasteiger partial charge in [-0.3, -0.25) is 14.7 Å². The van der Waals surface area contributed by atoms with E-state index in [2.05, 4.69) is 37.0 Å². The molecule has 0 saturated carbocycles. The normalized spacial score (nSPS) is 18.5. The minimum absolute atomic E-state index is 0.0507. The van der Waals surface area contributed by atoms with Gasteiger partial charge in [-0.2, -0.15) is 5.10 Å². The fourth-order valence-corrected chi connectivity index (χ4v) is 3.91. The van der Waals surface area contributed by atoms with E-state index in [-0.39, 0.29) is 17.7 Å². The summed E-state index contributed by atoms with van der Waals surface area (Å²) in [4.78, 5) is 26.2. The molecule has 1 atom stereocenters. The number of nitrogens with one attached hydrogen (secondary N) is 1. The molecular weight excluding hydrogens is 330 g/mol. The molecule has 2 N–H and O–H groups in total. The number of carboxylic acid groups (broad SMARTS) is 1. The predicted octanol–water partition coefficient (Wildman–Crippen LogP) is 3.28. The van der Waals surface area contributed by atoms with Crippen molar-refractivity contribution in [3.05, 3.63) is 29.0 Å². The number of carboxylic acids is 1. The fraction of sp³-hybridized carbons (Fsp3) is 0.550. The lowest BCUT2D eigenvalue weighted by molar-refractivity contribution is -0.145. The van der Waals surface area contributed by atoms with Crippen molar-refractivity contribution in [2.24, 2.45) is 11.3 Å². The van der Waals surface area contributed by atoms with E-state index in [1.807, 2.05) is 18.0 Å². The van der Waals surface area contributed by atoms with E-state index in [4.69, 9.17) is 0 Å². The molecule has 0 unspecified atom stereocenters. The minimum Gasteiger partial charge on any atom is -0.481 e. The van der Waals surface area contributed by atoms with Crippen molar-refractivity contribution in [2.75, 3.05) is 6.54 Å². The number of amides is 1. The molecule has 2 aromatic rings. The first-order valence-electron chi connectivity index (χ1n) is 9.11. The van der Waals surface area contributed by atoms with Crippen molar-refractivity contribution < 1.29 is 14.7 Å². The number of nitrogens with zero attached hydrogens (tertiary/aromatic N) is 2. The van der Waals surface area contributed by atoms with Crippen molar-refractivity contribution in [3.8, 4) is 0 Å². The second kappa shape index (κ2) is 6.74. The Morgan fingerprint density at radius 1 is 1.42 bits per heavy atom. The number of aromatic amines is 1. The first kappa shape index (κ1) is 18.4. The highest BCUT2D eigenvalue weighted by molar-refractivity contribution is 5.88. The number of carbonyl (C=O) groups is 2. The summed E-state index contributed by atoms with van der Waals surface area (Å²) in [6.45, 7) is 9.41. The fourth-order valence-electron chi connectivity index (χ4n) is 3.91. The Hall–Kier alpha value is -2.37. The number of aromatic nitrogens is 2. The number of aliphatic carboxylic acids is 1. The largest absolute Gasteiger partial charge is 0.481 e. The van der Waals surface area contributed by atoms with Gasteiger partial charge in [-0.25, -0.2) is 0 Å². The van der Waals surface area contributed by atoms with E-state index in [0.717, 1.165) is 22.0 Å². The Kier molecular flexibility index (Phi) is 4.78. The van der Waals surface area contributed by atoms with Crippen LogP contribution < -0.4 is 0 Å². The van der Waals surface area contributed by atoms with E-state index in [0.29, 0.717) is 25.9 Å². The Bertz CT molecular complexity index is 848. The molecule has 0 fully saturated rings. The van der Waals surface area contributed by atoms with Crippen LogP contribution in [0, 0.1) is 18.3 Å². The van der Waals surface area contributed by atoms with Crippen LogP contribution in [-0.2, 0) is 22.6 Å². The van der Waals surface area contributed by atoms with Crippen molar-refractivity contribution in [2.45, 2.75) is 53.5 Å². The molecule has 1 aliphatic rings. The lowest BCUT2D eigenvalue weighted by Crippen LogP contribution is -2.42. The molecule has 0 aliphatic carbocycles. The van der Waals surface area contributed by atoms with Gasteiger partial charge in [0.05, 0.1) is 18.1 Å².